The Kier molecular flexibility index (Phi) is 204. The van der Waals surface area contributed by atoms with Crippen LogP contribution in [0.1, 0.15) is 0 Å². The van der Waals surface area contributed by atoms with Crippen molar-refractivity contribution in [1.29, 1.82) is 0 Å². The molecule has 0 saturated heterocycles. The van der Waals surface area contributed by atoms with Gasteiger partial charge in [-0.2, -0.15) is 0 Å². The maximum atomic E-state index is 0. The minimum absolute atomic E-state index is 0. The molecular formula is Cl2CuIK. The minimum Gasteiger partial charge on any atom is -1.00 e. The zero-order valence-corrected chi connectivity index (χ0v) is 10.2. The molecule has 0 aliphatic carbocycles. The summed E-state index contributed by atoms with van der Waals surface area (Å²) in [5.41, 5.74) is 0. The summed E-state index contributed by atoms with van der Waals surface area (Å²) >= 11 is 0. The molecule has 0 bridgehead atoms. The summed E-state index contributed by atoms with van der Waals surface area (Å²) in [4.78, 5) is 0. The van der Waals surface area contributed by atoms with Gasteiger partial charge in [-0.3, -0.25) is 0 Å². The van der Waals surface area contributed by atoms with Crippen LogP contribution in [0.25, 0.3) is 0 Å². The summed E-state index contributed by atoms with van der Waals surface area (Å²) < 4.78 is 0. The molecule has 0 aliphatic heterocycles. The van der Waals surface area contributed by atoms with Crippen molar-refractivity contribution >= 4 is 0 Å². The van der Waals surface area contributed by atoms with Gasteiger partial charge in [0.15, 0.2) is 0 Å². The van der Waals surface area contributed by atoms with Crippen LogP contribution in [-0.2, 0) is 17.1 Å². The average Bonchev–Trinajstić information content (AvgIpc) is 0. The van der Waals surface area contributed by atoms with Gasteiger partial charge >= 0.3 is 68.5 Å². The Morgan fingerprint density at radius 1 is 0.800 bits per heavy atom. The smallest absolute Gasteiger partial charge is 1.00 e. The summed E-state index contributed by atoms with van der Waals surface area (Å²) in [5, 5.41) is 0. The molecule has 0 aromatic rings. The molecule has 5 heteroatoms. The molecule has 0 N–H and O–H groups in total. The summed E-state index contributed by atoms with van der Waals surface area (Å²) in [7, 11) is 0. The fourth-order valence-corrected chi connectivity index (χ4v) is 0. The molecule has 0 nitrogen and oxygen atoms in total. The maximum Gasteiger partial charge on any atom is 2.00 e. The summed E-state index contributed by atoms with van der Waals surface area (Å²) in [6.45, 7) is 0. The molecule has 0 amide bonds. The molecule has 0 fully saturated rings. The molecular weight excluding hydrogens is 300 g/mol. The van der Waals surface area contributed by atoms with Gasteiger partial charge in [-0.05, 0) is 0 Å². The third kappa shape index (κ3) is 18.6. The number of rotatable bonds is 0. The van der Waals surface area contributed by atoms with Crippen LogP contribution < -0.4 is 100 Å². The number of hydrogen-bond donors (Lipinski definition) is 0. The van der Waals surface area contributed by atoms with Gasteiger partial charge in [-0.1, -0.05) is 0 Å². The van der Waals surface area contributed by atoms with Gasteiger partial charge in [-0.15, -0.1) is 0 Å². The van der Waals surface area contributed by atoms with E-state index in [9.17, 15) is 0 Å². The fourth-order valence-electron chi connectivity index (χ4n) is 0. The van der Waals surface area contributed by atoms with E-state index >= 15 is 0 Å². The van der Waals surface area contributed by atoms with Crippen molar-refractivity contribution in [3.05, 3.63) is 0 Å². The van der Waals surface area contributed by atoms with Gasteiger partial charge in [0.05, 0.1) is 0 Å². The van der Waals surface area contributed by atoms with Gasteiger partial charge in [-0.25, -0.2) is 0 Å². The standard InChI is InChI=1S/2ClH.Cu.HI.K/h2*1H;;1H;/q;;+2;;+1/p-3. The molecule has 0 heterocycles. The van der Waals surface area contributed by atoms with E-state index in [1.165, 1.54) is 0 Å². The van der Waals surface area contributed by atoms with Crippen LogP contribution in [0.15, 0.2) is 0 Å². The summed E-state index contributed by atoms with van der Waals surface area (Å²) in [6, 6.07) is 0. The minimum atomic E-state index is 0. The fraction of sp³-hybridized carbons (Fsp3) is 0. The van der Waals surface area contributed by atoms with E-state index in [0.29, 0.717) is 0 Å². The second-order valence-corrected chi connectivity index (χ2v) is 0. The van der Waals surface area contributed by atoms with Crippen molar-refractivity contribution in [2.24, 2.45) is 0 Å². The van der Waals surface area contributed by atoms with Crippen LogP contribution in [0.5, 0.6) is 0 Å². The van der Waals surface area contributed by atoms with Gasteiger partial charge in [0.1, 0.15) is 0 Å². The summed E-state index contributed by atoms with van der Waals surface area (Å²) in [5.74, 6) is 0. The summed E-state index contributed by atoms with van der Waals surface area (Å²) in [6.07, 6.45) is 0. The van der Waals surface area contributed by atoms with Gasteiger partial charge in [0.2, 0.25) is 0 Å². The van der Waals surface area contributed by atoms with Crippen LogP contribution in [0.3, 0.4) is 0 Å². The SMILES string of the molecule is [Cl-].[Cl-].[Cu+2].[I-].[K+]. The molecule has 0 atom stereocenters. The number of hydrogen-bond acceptors (Lipinski definition) is 0. The molecule has 5 heavy (non-hydrogen) atoms. The largest absolute Gasteiger partial charge is 2.00 e. The van der Waals surface area contributed by atoms with Gasteiger partial charge in [0, 0.05) is 0 Å². The van der Waals surface area contributed by atoms with Crippen molar-refractivity contribution < 1.29 is 117 Å². The quantitative estimate of drug-likeness (QED) is 0.308. The molecule has 1 radical (unpaired) electrons. The molecule has 0 unspecified atom stereocenters. The van der Waals surface area contributed by atoms with E-state index in [0.717, 1.165) is 0 Å². The first-order valence-corrected chi connectivity index (χ1v) is 0. The first-order chi connectivity index (χ1) is 0. The molecule has 0 aromatic carbocycles. The second kappa shape index (κ2) is 26.0. The first kappa shape index (κ1) is 39.3. The zero-order valence-electron chi connectivity index (χ0n) is 2.44. The van der Waals surface area contributed by atoms with Crippen molar-refractivity contribution in [1.82, 2.24) is 0 Å². The van der Waals surface area contributed by atoms with E-state index in [1.54, 1.807) is 0 Å². The third-order valence-corrected chi connectivity index (χ3v) is 0. The first-order valence-electron chi connectivity index (χ1n) is 0. The zero-order chi connectivity index (χ0) is 0. The molecule has 0 spiro atoms. The third-order valence-electron chi connectivity index (χ3n) is 0. The van der Waals surface area contributed by atoms with E-state index in [1.807, 2.05) is 0 Å². The van der Waals surface area contributed by atoms with Crippen molar-refractivity contribution in [3.8, 4) is 0 Å². The Labute approximate surface area is 114 Å². The Bertz CT molecular complexity index is 9.61. The second-order valence-electron chi connectivity index (χ2n) is 0. The Morgan fingerprint density at radius 3 is 0.800 bits per heavy atom. The average molecular weight is 300 g/mol. The van der Waals surface area contributed by atoms with Crippen molar-refractivity contribution in [2.45, 2.75) is 0 Å². The molecule has 0 aromatic heterocycles. The topological polar surface area (TPSA) is 0 Å². The monoisotopic (exact) mass is 299 g/mol. The maximum absolute atomic E-state index is 0. The van der Waals surface area contributed by atoms with E-state index in [4.69, 9.17) is 0 Å². The molecule has 0 saturated carbocycles. The number of halogens is 3. The normalized spacial score (nSPS) is 0. The molecule has 33 valence electrons. The molecule has 0 aliphatic rings. The Morgan fingerprint density at radius 2 is 0.800 bits per heavy atom. The predicted octanol–water partition coefficient (Wildman–Crippen LogP) is -12.0. The Balaban J connectivity index is 0. The van der Waals surface area contributed by atoms with E-state index < -0.39 is 0 Å². The van der Waals surface area contributed by atoms with Gasteiger partial charge < -0.3 is 48.8 Å². The van der Waals surface area contributed by atoms with Crippen LogP contribution in [0.2, 0.25) is 0 Å². The van der Waals surface area contributed by atoms with Crippen LogP contribution in [0.4, 0.5) is 0 Å². The predicted molar refractivity (Wildman–Crippen MR) is 0 cm³/mol. The molecule has 0 rings (SSSR count). The van der Waals surface area contributed by atoms with Crippen LogP contribution >= 0.6 is 0 Å². The van der Waals surface area contributed by atoms with Crippen molar-refractivity contribution in [2.75, 3.05) is 0 Å². The van der Waals surface area contributed by atoms with Gasteiger partial charge in [0.25, 0.3) is 0 Å². The van der Waals surface area contributed by atoms with Crippen LogP contribution in [0, 0.1) is 0 Å². The van der Waals surface area contributed by atoms with Crippen molar-refractivity contribution in [3.63, 3.8) is 0 Å². The van der Waals surface area contributed by atoms with E-state index in [-0.39, 0.29) is 117 Å². The Hall–Kier alpha value is 3.47. The van der Waals surface area contributed by atoms with Crippen LogP contribution in [-0.4, -0.2) is 0 Å². The van der Waals surface area contributed by atoms with E-state index in [2.05, 4.69) is 0 Å².